The first-order chi connectivity index (χ1) is 6.94. The van der Waals surface area contributed by atoms with E-state index >= 15 is 0 Å². The molecule has 1 heterocycles. The van der Waals surface area contributed by atoms with E-state index in [2.05, 4.69) is 4.72 Å². The molecule has 1 aliphatic heterocycles. The average molecular weight is 234 g/mol. The van der Waals surface area contributed by atoms with E-state index < -0.39 is 10.0 Å². The molecule has 1 fully saturated rings. The van der Waals surface area contributed by atoms with Gasteiger partial charge in [0, 0.05) is 26.1 Å². The SMILES string of the molecule is CCCS(=O)(=O)NC1CCN(C(C)=O)C1. The predicted octanol–water partition coefficient (Wildman–Crippen LogP) is -0.0634. The fourth-order valence-electron chi connectivity index (χ4n) is 1.72. The van der Waals surface area contributed by atoms with Crippen LogP contribution < -0.4 is 4.72 Å². The lowest BCUT2D eigenvalue weighted by Crippen LogP contribution is -2.39. The number of amides is 1. The second-order valence-electron chi connectivity index (χ2n) is 3.89. The van der Waals surface area contributed by atoms with Gasteiger partial charge in [0.2, 0.25) is 15.9 Å². The minimum Gasteiger partial charge on any atom is -0.341 e. The number of rotatable bonds is 4. The minimum absolute atomic E-state index is 0.00666. The highest BCUT2D eigenvalue weighted by Gasteiger charge is 2.27. The van der Waals surface area contributed by atoms with Crippen molar-refractivity contribution in [3.63, 3.8) is 0 Å². The molecule has 1 aliphatic rings. The fraction of sp³-hybridized carbons (Fsp3) is 0.889. The van der Waals surface area contributed by atoms with Crippen LogP contribution in [0, 0.1) is 0 Å². The lowest BCUT2D eigenvalue weighted by Gasteiger charge is -2.14. The lowest BCUT2D eigenvalue weighted by atomic mass is 10.3. The Labute approximate surface area is 90.9 Å². The van der Waals surface area contributed by atoms with Crippen LogP contribution in [0.4, 0.5) is 0 Å². The second kappa shape index (κ2) is 4.94. The van der Waals surface area contributed by atoms with E-state index in [9.17, 15) is 13.2 Å². The maximum absolute atomic E-state index is 11.4. The van der Waals surface area contributed by atoms with Crippen molar-refractivity contribution in [2.45, 2.75) is 32.7 Å². The van der Waals surface area contributed by atoms with E-state index in [0.29, 0.717) is 25.9 Å². The van der Waals surface area contributed by atoms with Gasteiger partial charge >= 0.3 is 0 Å². The third-order valence-electron chi connectivity index (χ3n) is 2.45. The Kier molecular flexibility index (Phi) is 4.10. The molecular weight excluding hydrogens is 216 g/mol. The van der Waals surface area contributed by atoms with Crippen LogP contribution in [0.2, 0.25) is 0 Å². The molecule has 15 heavy (non-hydrogen) atoms. The van der Waals surface area contributed by atoms with Crippen molar-refractivity contribution in [2.75, 3.05) is 18.8 Å². The topological polar surface area (TPSA) is 66.5 Å². The molecule has 0 saturated carbocycles. The van der Waals surface area contributed by atoms with Gasteiger partial charge in [-0.3, -0.25) is 4.79 Å². The molecule has 0 bridgehead atoms. The summed E-state index contributed by atoms with van der Waals surface area (Å²) in [5, 5.41) is 0. The third kappa shape index (κ3) is 3.79. The summed E-state index contributed by atoms with van der Waals surface area (Å²) in [5.41, 5.74) is 0. The summed E-state index contributed by atoms with van der Waals surface area (Å²) in [6.45, 7) is 4.48. The summed E-state index contributed by atoms with van der Waals surface area (Å²) in [4.78, 5) is 12.7. The molecule has 0 aromatic heterocycles. The van der Waals surface area contributed by atoms with Crippen LogP contribution in [-0.4, -0.2) is 44.1 Å². The number of sulfonamides is 1. The zero-order valence-electron chi connectivity index (χ0n) is 9.19. The number of nitrogens with zero attached hydrogens (tertiary/aromatic N) is 1. The number of nitrogens with one attached hydrogen (secondary N) is 1. The first kappa shape index (κ1) is 12.4. The van der Waals surface area contributed by atoms with Crippen molar-refractivity contribution in [2.24, 2.45) is 0 Å². The van der Waals surface area contributed by atoms with Gasteiger partial charge in [-0.15, -0.1) is 0 Å². The molecule has 1 rings (SSSR count). The van der Waals surface area contributed by atoms with Crippen molar-refractivity contribution in [3.05, 3.63) is 0 Å². The molecular formula is C9H18N2O3S. The number of hydrogen-bond acceptors (Lipinski definition) is 3. The van der Waals surface area contributed by atoms with Crippen LogP contribution in [0.5, 0.6) is 0 Å². The molecule has 1 atom stereocenters. The summed E-state index contributed by atoms with van der Waals surface area (Å²) in [6.07, 6.45) is 1.32. The van der Waals surface area contributed by atoms with Gasteiger partial charge in [-0.1, -0.05) is 6.92 Å². The molecule has 5 nitrogen and oxygen atoms in total. The van der Waals surface area contributed by atoms with Crippen LogP contribution in [0.15, 0.2) is 0 Å². The van der Waals surface area contributed by atoms with Crippen molar-refractivity contribution in [1.29, 1.82) is 0 Å². The molecule has 88 valence electrons. The van der Waals surface area contributed by atoms with E-state index in [1.54, 1.807) is 4.90 Å². The quantitative estimate of drug-likeness (QED) is 0.741. The van der Waals surface area contributed by atoms with Gasteiger partial charge in [-0.2, -0.15) is 0 Å². The molecule has 1 unspecified atom stereocenters. The van der Waals surface area contributed by atoms with Gasteiger partial charge < -0.3 is 4.90 Å². The molecule has 1 N–H and O–H groups in total. The number of carbonyl (C=O) groups excluding carboxylic acids is 1. The monoisotopic (exact) mass is 234 g/mol. The van der Waals surface area contributed by atoms with E-state index in [1.807, 2.05) is 6.92 Å². The molecule has 6 heteroatoms. The highest BCUT2D eigenvalue weighted by molar-refractivity contribution is 7.89. The highest BCUT2D eigenvalue weighted by Crippen LogP contribution is 2.10. The Bertz CT molecular complexity index is 326. The normalized spacial score (nSPS) is 22.0. The van der Waals surface area contributed by atoms with E-state index in [1.165, 1.54) is 6.92 Å². The lowest BCUT2D eigenvalue weighted by molar-refractivity contribution is -0.127. The fourth-order valence-corrected chi connectivity index (χ4v) is 3.08. The van der Waals surface area contributed by atoms with E-state index in [4.69, 9.17) is 0 Å². The van der Waals surface area contributed by atoms with Crippen LogP contribution in [0.3, 0.4) is 0 Å². The Morgan fingerprint density at radius 2 is 2.20 bits per heavy atom. The maximum Gasteiger partial charge on any atom is 0.219 e. The Morgan fingerprint density at radius 1 is 1.53 bits per heavy atom. The summed E-state index contributed by atoms with van der Waals surface area (Å²) in [5.74, 6) is 0.163. The number of hydrogen-bond donors (Lipinski definition) is 1. The Hall–Kier alpha value is -0.620. The first-order valence-electron chi connectivity index (χ1n) is 5.20. The largest absolute Gasteiger partial charge is 0.341 e. The highest BCUT2D eigenvalue weighted by atomic mass is 32.2. The number of carbonyl (C=O) groups is 1. The maximum atomic E-state index is 11.4. The smallest absolute Gasteiger partial charge is 0.219 e. The zero-order valence-corrected chi connectivity index (χ0v) is 10.0. The van der Waals surface area contributed by atoms with Gasteiger partial charge in [0.15, 0.2) is 0 Å². The second-order valence-corrected chi connectivity index (χ2v) is 5.76. The first-order valence-corrected chi connectivity index (χ1v) is 6.85. The van der Waals surface area contributed by atoms with Crippen molar-refractivity contribution >= 4 is 15.9 Å². The molecule has 0 radical (unpaired) electrons. The minimum atomic E-state index is -3.15. The molecule has 0 aliphatic carbocycles. The van der Waals surface area contributed by atoms with Gasteiger partial charge in [0.1, 0.15) is 0 Å². The van der Waals surface area contributed by atoms with Gasteiger partial charge in [0.05, 0.1) is 5.75 Å². The van der Waals surface area contributed by atoms with Gasteiger partial charge in [0.25, 0.3) is 0 Å². The summed E-state index contributed by atoms with van der Waals surface area (Å²) in [7, 11) is -3.15. The van der Waals surface area contributed by atoms with Crippen molar-refractivity contribution in [3.8, 4) is 0 Å². The summed E-state index contributed by atoms with van der Waals surface area (Å²) < 4.78 is 25.5. The van der Waals surface area contributed by atoms with E-state index in [0.717, 1.165) is 0 Å². The van der Waals surface area contributed by atoms with Gasteiger partial charge in [-0.25, -0.2) is 13.1 Å². The van der Waals surface area contributed by atoms with Crippen LogP contribution in [-0.2, 0) is 14.8 Å². The Balaban J connectivity index is 2.46. The third-order valence-corrected chi connectivity index (χ3v) is 4.09. The molecule has 0 aromatic rings. The van der Waals surface area contributed by atoms with Crippen molar-refractivity contribution in [1.82, 2.24) is 9.62 Å². The van der Waals surface area contributed by atoms with Crippen LogP contribution in [0.25, 0.3) is 0 Å². The zero-order chi connectivity index (χ0) is 11.5. The Morgan fingerprint density at radius 3 is 2.67 bits per heavy atom. The standard InChI is InChI=1S/C9H18N2O3S/c1-3-6-15(13,14)10-9-4-5-11(7-9)8(2)12/h9-10H,3-7H2,1-2H3. The molecule has 0 spiro atoms. The average Bonchev–Trinajstić information content (AvgIpc) is 2.51. The molecule has 1 saturated heterocycles. The molecule has 0 aromatic carbocycles. The van der Waals surface area contributed by atoms with Crippen molar-refractivity contribution < 1.29 is 13.2 Å². The van der Waals surface area contributed by atoms with Crippen LogP contribution >= 0.6 is 0 Å². The molecule has 1 amide bonds. The summed E-state index contributed by atoms with van der Waals surface area (Å²) >= 11 is 0. The van der Waals surface area contributed by atoms with E-state index in [-0.39, 0.29) is 17.7 Å². The van der Waals surface area contributed by atoms with Gasteiger partial charge in [-0.05, 0) is 12.8 Å². The van der Waals surface area contributed by atoms with Crippen LogP contribution in [0.1, 0.15) is 26.7 Å². The number of likely N-dealkylation sites (tertiary alicyclic amines) is 1. The summed E-state index contributed by atoms with van der Waals surface area (Å²) in [6, 6.07) is -0.106. The predicted molar refractivity (Wildman–Crippen MR) is 57.9 cm³/mol.